The van der Waals surface area contributed by atoms with Crippen molar-refractivity contribution in [3.05, 3.63) is 35.0 Å². The van der Waals surface area contributed by atoms with Gasteiger partial charge in [0.05, 0.1) is 5.60 Å². The SMILES string of the molecule is CC(=O)O[C@@H]1C[C@@]2(O)[C@H](C)CC[C@@H]([C@H](C)CN3CCN(c4cccc(Cl)n4)CC3)[C@H]2C=C1C. The molecule has 2 heterocycles. The highest BCUT2D eigenvalue weighted by Crippen LogP contribution is 2.51. The first-order valence-corrected chi connectivity index (χ1v) is 12.7. The van der Waals surface area contributed by atoms with Gasteiger partial charge in [-0.2, -0.15) is 0 Å². The highest BCUT2D eigenvalue weighted by molar-refractivity contribution is 6.29. The van der Waals surface area contributed by atoms with Gasteiger partial charge in [-0.1, -0.05) is 37.6 Å². The summed E-state index contributed by atoms with van der Waals surface area (Å²) in [6, 6.07) is 5.79. The van der Waals surface area contributed by atoms with Crippen LogP contribution in [0.2, 0.25) is 5.15 Å². The van der Waals surface area contributed by atoms with Gasteiger partial charge in [-0.05, 0) is 55.2 Å². The molecule has 0 radical (unpaired) electrons. The second-order valence-electron chi connectivity index (χ2n) is 10.5. The van der Waals surface area contributed by atoms with Crippen LogP contribution in [0.5, 0.6) is 0 Å². The smallest absolute Gasteiger partial charge is 0.303 e. The Hall–Kier alpha value is -1.63. The average molecular weight is 476 g/mol. The Kier molecular flexibility index (Phi) is 7.37. The maximum atomic E-state index is 11.8. The number of carbonyl (C=O) groups excluding carboxylic acids is 1. The van der Waals surface area contributed by atoms with Gasteiger partial charge in [0.15, 0.2) is 0 Å². The first kappa shape index (κ1) is 24.5. The molecule has 0 spiro atoms. The van der Waals surface area contributed by atoms with Gasteiger partial charge in [0.2, 0.25) is 0 Å². The molecule has 0 aromatic carbocycles. The lowest BCUT2D eigenvalue weighted by Crippen LogP contribution is -2.56. The molecule has 182 valence electrons. The summed E-state index contributed by atoms with van der Waals surface area (Å²) in [7, 11) is 0. The maximum Gasteiger partial charge on any atom is 0.303 e. The predicted octanol–water partition coefficient (Wildman–Crippen LogP) is 4.17. The lowest BCUT2D eigenvalue weighted by Gasteiger charge is -2.53. The van der Waals surface area contributed by atoms with E-state index in [1.54, 1.807) is 0 Å². The molecule has 1 saturated heterocycles. The minimum absolute atomic E-state index is 0.111. The third-order valence-electron chi connectivity index (χ3n) is 8.27. The molecule has 2 aliphatic carbocycles. The number of pyridine rings is 1. The van der Waals surface area contributed by atoms with Crippen LogP contribution >= 0.6 is 11.6 Å². The molecular weight excluding hydrogens is 438 g/mol. The fourth-order valence-corrected chi connectivity index (χ4v) is 6.43. The van der Waals surface area contributed by atoms with E-state index in [1.807, 2.05) is 25.1 Å². The topological polar surface area (TPSA) is 65.9 Å². The number of piperazine rings is 1. The largest absolute Gasteiger partial charge is 0.458 e. The monoisotopic (exact) mass is 475 g/mol. The summed E-state index contributed by atoms with van der Waals surface area (Å²) in [5, 5.41) is 12.3. The number of aliphatic hydroxyl groups is 1. The van der Waals surface area contributed by atoms with Gasteiger partial charge in [0.1, 0.15) is 17.1 Å². The Bertz CT molecular complexity index is 885. The summed E-state index contributed by atoms with van der Waals surface area (Å²) >= 11 is 6.07. The van der Waals surface area contributed by atoms with Crippen LogP contribution in [0.15, 0.2) is 29.8 Å². The molecule has 1 saturated carbocycles. The molecule has 1 aromatic rings. The Morgan fingerprint density at radius 2 is 2.03 bits per heavy atom. The van der Waals surface area contributed by atoms with E-state index in [0.717, 1.165) is 57.0 Å². The number of rotatable bonds is 5. The fraction of sp³-hybridized carbons (Fsp3) is 0.692. The number of halogens is 1. The standard InChI is InChI=1S/C26H38ClN3O3/c1-17-14-22-21(9-8-19(3)26(22,32)15-23(17)33-20(4)31)18(2)16-29-10-12-30(13-11-29)25-7-5-6-24(27)28-25/h5-7,14,18-19,21-23,32H,8-13,15-16H2,1-4H3/t18-,19-,21+,22-,23-,26-/m1/s1. The van der Waals surface area contributed by atoms with E-state index >= 15 is 0 Å². The van der Waals surface area contributed by atoms with Crippen molar-refractivity contribution in [2.45, 2.75) is 58.7 Å². The van der Waals surface area contributed by atoms with Gasteiger partial charge in [-0.15, -0.1) is 0 Å². The molecule has 0 bridgehead atoms. The summed E-state index contributed by atoms with van der Waals surface area (Å²) < 4.78 is 5.54. The predicted molar refractivity (Wildman–Crippen MR) is 131 cm³/mol. The Morgan fingerprint density at radius 3 is 2.70 bits per heavy atom. The van der Waals surface area contributed by atoms with Crippen molar-refractivity contribution in [3.63, 3.8) is 0 Å². The van der Waals surface area contributed by atoms with Crippen LogP contribution in [0.25, 0.3) is 0 Å². The van der Waals surface area contributed by atoms with E-state index in [-0.39, 0.29) is 23.9 Å². The normalized spacial score (nSPS) is 33.8. The van der Waals surface area contributed by atoms with Crippen molar-refractivity contribution in [3.8, 4) is 0 Å². The zero-order chi connectivity index (χ0) is 23.8. The van der Waals surface area contributed by atoms with Crippen LogP contribution in [0.3, 0.4) is 0 Å². The number of hydrogen-bond donors (Lipinski definition) is 1. The second kappa shape index (κ2) is 9.93. The van der Waals surface area contributed by atoms with E-state index < -0.39 is 5.60 Å². The molecule has 3 aliphatic rings. The molecule has 2 fully saturated rings. The van der Waals surface area contributed by atoms with Gasteiger partial charge in [-0.25, -0.2) is 4.98 Å². The van der Waals surface area contributed by atoms with E-state index in [9.17, 15) is 9.90 Å². The quantitative estimate of drug-likeness (QED) is 0.391. The van der Waals surface area contributed by atoms with Gasteiger partial charge in [0.25, 0.3) is 0 Å². The molecule has 6 atom stereocenters. The van der Waals surface area contributed by atoms with E-state index in [4.69, 9.17) is 16.3 Å². The number of anilines is 1. The summed E-state index contributed by atoms with van der Waals surface area (Å²) in [5.74, 6) is 1.87. The highest BCUT2D eigenvalue weighted by Gasteiger charge is 2.52. The Balaban J connectivity index is 1.40. The van der Waals surface area contributed by atoms with Gasteiger partial charge >= 0.3 is 5.97 Å². The third-order valence-corrected chi connectivity index (χ3v) is 8.48. The number of ether oxygens (including phenoxy) is 1. The number of esters is 1. The van der Waals surface area contributed by atoms with Crippen LogP contribution in [-0.2, 0) is 9.53 Å². The minimum atomic E-state index is -0.812. The minimum Gasteiger partial charge on any atom is -0.458 e. The molecule has 6 nitrogen and oxygen atoms in total. The van der Waals surface area contributed by atoms with Crippen LogP contribution in [0.4, 0.5) is 5.82 Å². The molecular formula is C26H38ClN3O3. The van der Waals surface area contributed by atoms with Crippen LogP contribution in [0.1, 0.15) is 47.0 Å². The van der Waals surface area contributed by atoms with Gasteiger partial charge in [0, 0.05) is 52.0 Å². The first-order chi connectivity index (χ1) is 15.7. The van der Waals surface area contributed by atoms with Crippen molar-refractivity contribution in [1.82, 2.24) is 9.88 Å². The molecule has 4 rings (SSSR count). The molecule has 33 heavy (non-hydrogen) atoms. The Labute approximate surface area is 202 Å². The van der Waals surface area contributed by atoms with Crippen molar-refractivity contribution >= 4 is 23.4 Å². The van der Waals surface area contributed by atoms with Crippen molar-refractivity contribution < 1.29 is 14.6 Å². The average Bonchev–Trinajstić information content (AvgIpc) is 2.76. The fourth-order valence-electron chi connectivity index (χ4n) is 6.27. The summed E-state index contributed by atoms with van der Waals surface area (Å²) in [6.07, 6.45) is 4.56. The van der Waals surface area contributed by atoms with Gasteiger partial charge < -0.3 is 14.7 Å². The third kappa shape index (κ3) is 5.23. The van der Waals surface area contributed by atoms with Crippen LogP contribution < -0.4 is 4.90 Å². The van der Waals surface area contributed by atoms with E-state index in [2.05, 4.69) is 34.7 Å². The lowest BCUT2D eigenvalue weighted by atomic mass is 9.57. The molecule has 1 N–H and O–H groups in total. The number of carbonyl (C=O) groups is 1. The number of nitrogens with zero attached hydrogens (tertiary/aromatic N) is 3. The van der Waals surface area contributed by atoms with Crippen LogP contribution in [-0.4, -0.2) is 65.4 Å². The van der Waals surface area contributed by atoms with Gasteiger partial charge in [-0.3, -0.25) is 9.69 Å². The lowest BCUT2D eigenvalue weighted by molar-refractivity contribution is -0.159. The second-order valence-corrected chi connectivity index (χ2v) is 10.8. The molecule has 7 heteroatoms. The summed E-state index contributed by atoms with van der Waals surface area (Å²) in [5.41, 5.74) is 0.266. The Morgan fingerprint density at radius 1 is 1.30 bits per heavy atom. The first-order valence-electron chi connectivity index (χ1n) is 12.3. The summed E-state index contributed by atoms with van der Waals surface area (Å²) in [6.45, 7) is 12.9. The molecule has 1 aromatic heterocycles. The van der Waals surface area contributed by atoms with Crippen molar-refractivity contribution in [1.29, 1.82) is 0 Å². The molecule has 1 aliphatic heterocycles. The molecule has 0 unspecified atom stereocenters. The summed E-state index contributed by atoms with van der Waals surface area (Å²) in [4.78, 5) is 20.9. The van der Waals surface area contributed by atoms with Crippen LogP contribution in [0, 0.1) is 23.7 Å². The number of hydrogen-bond acceptors (Lipinski definition) is 6. The highest BCUT2D eigenvalue weighted by atomic mass is 35.5. The number of fused-ring (bicyclic) bond motifs is 1. The maximum absolute atomic E-state index is 11.8. The zero-order valence-corrected chi connectivity index (χ0v) is 21.1. The van der Waals surface area contributed by atoms with E-state index in [1.165, 1.54) is 6.92 Å². The number of aromatic nitrogens is 1. The van der Waals surface area contributed by atoms with Crippen molar-refractivity contribution in [2.24, 2.45) is 23.7 Å². The zero-order valence-electron chi connectivity index (χ0n) is 20.3. The van der Waals surface area contributed by atoms with E-state index in [0.29, 0.717) is 23.4 Å². The van der Waals surface area contributed by atoms with Crippen molar-refractivity contribution in [2.75, 3.05) is 37.6 Å². The molecule has 0 amide bonds.